The molecule has 0 saturated heterocycles. The van der Waals surface area contributed by atoms with Gasteiger partial charge in [0.2, 0.25) is 0 Å². The predicted molar refractivity (Wildman–Crippen MR) is 74.9 cm³/mol. The second kappa shape index (κ2) is 6.88. The van der Waals surface area contributed by atoms with Crippen molar-refractivity contribution in [2.45, 2.75) is 39.2 Å². The van der Waals surface area contributed by atoms with Gasteiger partial charge in [-0.2, -0.15) is 0 Å². The van der Waals surface area contributed by atoms with Gasteiger partial charge >= 0.3 is 6.09 Å². The number of nitrogens with one attached hydrogen (secondary N) is 2. The van der Waals surface area contributed by atoms with Crippen LogP contribution in [-0.2, 0) is 4.74 Å². The number of carbonyl (C=O) groups is 2. The molecule has 0 saturated carbocycles. The van der Waals surface area contributed by atoms with Gasteiger partial charge < -0.3 is 15.0 Å². The fraction of sp³-hybridized carbons (Fsp3) is 0.500. The first-order valence-electron chi connectivity index (χ1n) is 6.47. The van der Waals surface area contributed by atoms with Gasteiger partial charge in [0.1, 0.15) is 5.60 Å². The Labute approximate surface area is 117 Å². The standard InChI is InChI=1S/C14H20N2O4/c1-14(2,3)20-13(19)16-9-5-7-11(17)10-6-4-8-15-12(10)18/h4,6,8H,5,7,9H2,1-3H3,(H,15,18)(H,16,19). The third-order valence-electron chi connectivity index (χ3n) is 2.37. The number of aromatic amines is 1. The molecule has 0 aromatic carbocycles. The number of Topliss-reactive ketones (excluding diaryl/α,β-unsaturated/α-hetero) is 1. The second-order valence-electron chi connectivity index (χ2n) is 5.37. The summed E-state index contributed by atoms with van der Waals surface area (Å²) in [5.74, 6) is -0.238. The van der Waals surface area contributed by atoms with E-state index in [1.165, 1.54) is 12.3 Å². The van der Waals surface area contributed by atoms with Gasteiger partial charge in [-0.25, -0.2) is 4.79 Å². The first-order chi connectivity index (χ1) is 9.29. The normalized spacial score (nSPS) is 10.9. The summed E-state index contributed by atoms with van der Waals surface area (Å²) in [4.78, 5) is 37.0. The Kier molecular flexibility index (Phi) is 5.49. The minimum Gasteiger partial charge on any atom is -0.444 e. The molecule has 0 fully saturated rings. The number of aromatic nitrogens is 1. The summed E-state index contributed by atoms with van der Waals surface area (Å²) in [6, 6.07) is 3.09. The van der Waals surface area contributed by atoms with Crippen molar-refractivity contribution in [3.05, 3.63) is 34.2 Å². The molecule has 1 aromatic rings. The number of ketones is 1. The van der Waals surface area contributed by atoms with E-state index >= 15 is 0 Å². The van der Waals surface area contributed by atoms with Gasteiger partial charge in [-0.15, -0.1) is 0 Å². The molecule has 0 aliphatic carbocycles. The molecule has 110 valence electrons. The fourth-order valence-corrected chi connectivity index (χ4v) is 1.53. The van der Waals surface area contributed by atoms with Gasteiger partial charge in [0.05, 0.1) is 5.56 Å². The Morgan fingerprint density at radius 2 is 2.05 bits per heavy atom. The van der Waals surface area contributed by atoms with Crippen molar-refractivity contribution >= 4 is 11.9 Å². The first kappa shape index (κ1) is 15.9. The molecule has 2 N–H and O–H groups in total. The average Bonchev–Trinajstić information content (AvgIpc) is 2.33. The molecule has 1 amide bonds. The summed E-state index contributed by atoms with van der Waals surface area (Å²) in [6.45, 7) is 5.65. The summed E-state index contributed by atoms with van der Waals surface area (Å²) >= 11 is 0. The third kappa shape index (κ3) is 5.69. The van der Waals surface area contributed by atoms with Gasteiger partial charge in [-0.1, -0.05) is 0 Å². The lowest BCUT2D eigenvalue weighted by Gasteiger charge is -2.19. The van der Waals surface area contributed by atoms with Crippen LogP contribution in [0.5, 0.6) is 0 Å². The van der Waals surface area contributed by atoms with Gasteiger partial charge in [0.25, 0.3) is 5.56 Å². The van der Waals surface area contributed by atoms with Crippen molar-refractivity contribution in [2.24, 2.45) is 0 Å². The average molecular weight is 280 g/mol. The van der Waals surface area contributed by atoms with Crippen LogP contribution in [0.1, 0.15) is 44.0 Å². The zero-order chi connectivity index (χ0) is 15.2. The van der Waals surface area contributed by atoms with Crippen LogP contribution in [-0.4, -0.2) is 29.0 Å². The number of alkyl carbamates (subject to hydrolysis) is 1. The van der Waals surface area contributed by atoms with Gasteiger partial charge in [0.15, 0.2) is 5.78 Å². The topological polar surface area (TPSA) is 88.3 Å². The number of hydrogen-bond donors (Lipinski definition) is 2. The van der Waals surface area contributed by atoms with Crippen molar-refractivity contribution in [3.63, 3.8) is 0 Å². The van der Waals surface area contributed by atoms with Crippen LogP contribution < -0.4 is 10.9 Å². The Hall–Kier alpha value is -2.11. The highest BCUT2D eigenvalue weighted by molar-refractivity contribution is 5.95. The van der Waals surface area contributed by atoms with Gasteiger partial charge in [0, 0.05) is 19.2 Å². The lowest BCUT2D eigenvalue weighted by Crippen LogP contribution is -2.33. The first-order valence-corrected chi connectivity index (χ1v) is 6.47. The number of hydrogen-bond acceptors (Lipinski definition) is 4. The van der Waals surface area contributed by atoms with E-state index in [0.29, 0.717) is 13.0 Å². The van der Waals surface area contributed by atoms with Crippen LogP contribution in [0.3, 0.4) is 0 Å². The van der Waals surface area contributed by atoms with E-state index in [1.54, 1.807) is 26.8 Å². The van der Waals surface area contributed by atoms with E-state index in [9.17, 15) is 14.4 Å². The zero-order valence-electron chi connectivity index (χ0n) is 12.0. The molecular formula is C14H20N2O4. The molecule has 1 aromatic heterocycles. The van der Waals surface area contributed by atoms with E-state index < -0.39 is 17.3 Å². The third-order valence-corrected chi connectivity index (χ3v) is 2.37. The Morgan fingerprint density at radius 3 is 2.65 bits per heavy atom. The van der Waals surface area contributed by atoms with Crippen LogP contribution in [0, 0.1) is 0 Å². The molecule has 1 rings (SSSR count). The lowest BCUT2D eigenvalue weighted by atomic mass is 10.1. The number of pyridine rings is 1. The Bertz CT molecular complexity index is 528. The number of carbonyl (C=O) groups excluding carboxylic acids is 2. The molecule has 0 spiro atoms. The van der Waals surface area contributed by atoms with E-state index in [2.05, 4.69) is 10.3 Å². The molecule has 0 aliphatic rings. The van der Waals surface area contributed by atoms with Crippen molar-refractivity contribution in [2.75, 3.05) is 6.54 Å². The minimum absolute atomic E-state index is 0.143. The highest BCUT2D eigenvalue weighted by atomic mass is 16.6. The smallest absolute Gasteiger partial charge is 0.407 e. The predicted octanol–water partition coefficient (Wildman–Crippen LogP) is 1.86. The molecule has 0 unspecified atom stereocenters. The SMILES string of the molecule is CC(C)(C)OC(=O)NCCCC(=O)c1ccc[nH]c1=O. The summed E-state index contributed by atoms with van der Waals surface area (Å²) < 4.78 is 5.06. The molecular weight excluding hydrogens is 260 g/mol. The van der Waals surface area contributed by atoms with Gasteiger partial charge in [-0.05, 0) is 39.3 Å². The van der Waals surface area contributed by atoms with E-state index in [4.69, 9.17) is 4.74 Å². The number of rotatable bonds is 5. The number of ether oxygens (including phenoxy) is 1. The second-order valence-corrected chi connectivity index (χ2v) is 5.37. The molecule has 6 nitrogen and oxygen atoms in total. The van der Waals surface area contributed by atoms with Crippen molar-refractivity contribution in [1.29, 1.82) is 0 Å². The van der Waals surface area contributed by atoms with E-state index in [1.807, 2.05) is 0 Å². The number of H-pyrrole nitrogens is 1. The quantitative estimate of drug-likeness (QED) is 0.636. The summed E-state index contributed by atoms with van der Waals surface area (Å²) in [5, 5.41) is 2.56. The summed E-state index contributed by atoms with van der Waals surface area (Å²) in [5.41, 5.74) is -0.792. The van der Waals surface area contributed by atoms with E-state index in [0.717, 1.165) is 0 Å². The van der Waals surface area contributed by atoms with Crippen LogP contribution in [0.15, 0.2) is 23.1 Å². The molecule has 0 radical (unpaired) electrons. The van der Waals surface area contributed by atoms with Crippen molar-refractivity contribution < 1.29 is 14.3 Å². The molecule has 1 heterocycles. The van der Waals surface area contributed by atoms with E-state index in [-0.39, 0.29) is 17.8 Å². The van der Waals surface area contributed by atoms with Crippen LogP contribution in [0.4, 0.5) is 4.79 Å². The largest absolute Gasteiger partial charge is 0.444 e. The Morgan fingerprint density at radius 1 is 1.35 bits per heavy atom. The molecule has 0 atom stereocenters. The molecule has 0 bridgehead atoms. The maximum absolute atomic E-state index is 11.8. The Balaban J connectivity index is 2.32. The summed E-state index contributed by atoms with van der Waals surface area (Å²) in [6.07, 6.45) is 1.61. The highest BCUT2D eigenvalue weighted by Gasteiger charge is 2.15. The molecule has 6 heteroatoms. The van der Waals surface area contributed by atoms with Gasteiger partial charge in [-0.3, -0.25) is 9.59 Å². The highest BCUT2D eigenvalue weighted by Crippen LogP contribution is 2.06. The van der Waals surface area contributed by atoms with Crippen LogP contribution in [0.25, 0.3) is 0 Å². The minimum atomic E-state index is -0.544. The summed E-state index contributed by atoms with van der Waals surface area (Å²) in [7, 11) is 0. The number of amides is 1. The maximum atomic E-state index is 11.8. The van der Waals surface area contributed by atoms with Crippen LogP contribution >= 0.6 is 0 Å². The molecule has 0 aliphatic heterocycles. The monoisotopic (exact) mass is 280 g/mol. The van der Waals surface area contributed by atoms with Crippen LogP contribution in [0.2, 0.25) is 0 Å². The lowest BCUT2D eigenvalue weighted by molar-refractivity contribution is 0.0525. The van der Waals surface area contributed by atoms with Crippen molar-refractivity contribution in [1.82, 2.24) is 10.3 Å². The van der Waals surface area contributed by atoms with Crippen molar-refractivity contribution in [3.8, 4) is 0 Å². The zero-order valence-corrected chi connectivity index (χ0v) is 12.0. The molecule has 20 heavy (non-hydrogen) atoms. The maximum Gasteiger partial charge on any atom is 0.407 e. The fourth-order valence-electron chi connectivity index (χ4n) is 1.53.